The summed E-state index contributed by atoms with van der Waals surface area (Å²) >= 11 is 1.58. The third kappa shape index (κ3) is 8.89. The van der Waals surface area contributed by atoms with Crippen molar-refractivity contribution in [2.24, 2.45) is 0 Å². The Kier molecular flexibility index (Phi) is 10.9. The zero-order valence-electron chi connectivity index (χ0n) is 23.1. The summed E-state index contributed by atoms with van der Waals surface area (Å²) in [5.41, 5.74) is 4.36. The molecule has 1 atom stereocenters. The van der Waals surface area contributed by atoms with Crippen LogP contribution >= 0.6 is 11.8 Å². The molecule has 5 nitrogen and oxygen atoms in total. The van der Waals surface area contributed by atoms with Gasteiger partial charge in [0, 0.05) is 24.8 Å². The summed E-state index contributed by atoms with van der Waals surface area (Å²) in [5.74, 6) is 1.77. The van der Waals surface area contributed by atoms with E-state index < -0.39 is 6.04 Å². The highest BCUT2D eigenvalue weighted by molar-refractivity contribution is 7.99. The number of aryl methyl sites for hydroxylation is 1. The Morgan fingerprint density at radius 1 is 0.923 bits per heavy atom. The number of benzene rings is 3. The second-order valence-electron chi connectivity index (χ2n) is 10.4. The summed E-state index contributed by atoms with van der Waals surface area (Å²) in [5, 5.41) is 3.31. The molecule has 0 aromatic heterocycles. The Bertz CT molecular complexity index is 1190. The average molecular weight is 545 g/mol. The van der Waals surface area contributed by atoms with Gasteiger partial charge in [-0.25, -0.2) is 0 Å². The molecule has 1 saturated carbocycles. The molecule has 0 radical (unpaired) electrons. The van der Waals surface area contributed by atoms with Crippen LogP contribution in [0.15, 0.2) is 78.9 Å². The Labute approximate surface area is 237 Å². The van der Waals surface area contributed by atoms with Crippen LogP contribution in [-0.2, 0) is 28.3 Å². The lowest BCUT2D eigenvalue weighted by atomic mass is 9.94. The minimum Gasteiger partial charge on any atom is -0.497 e. The van der Waals surface area contributed by atoms with E-state index in [4.69, 9.17) is 4.74 Å². The van der Waals surface area contributed by atoms with Gasteiger partial charge in [-0.05, 0) is 48.6 Å². The third-order valence-electron chi connectivity index (χ3n) is 7.31. The number of ether oxygens (including phenoxy) is 1. The van der Waals surface area contributed by atoms with Crippen LogP contribution in [0.3, 0.4) is 0 Å². The fourth-order valence-electron chi connectivity index (χ4n) is 5.17. The molecule has 1 N–H and O–H groups in total. The molecule has 6 heteroatoms. The predicted octanol–water partition coefficient (Wildman–Crippen LogP) is 6.33. The maximum absolute atomic E-state index is 13.9. The molecule has 1 fully saturated rings. The molecule has 3 aromatic carbocycles. The molecule has 0 heterocycles. The van der Waals surface area contributed by atoms with Crippen LogP contribution in [0, 0.1) is 6.92 Å². The van der Waals surface area contributed by atoms with Crippen molar-refractivity contribution in [2.45, 2.75) is 69.8 Å². The highest BCUT2D eigenvalue weighted by Crippen LogP contribution is 2.22. The number of carbonyl (C=O) groups excluding carboxylic acids is 2. The summed E-state index contributed by atoms with van der Waals surface area (Å²) < 4.78 is 5.25. The number of nitrogens with zero attached hydrogens (tertiary/aromatic N) is 1. The molecule has 1 aliphatic rings. The number of carbonyl (C=O) groups is 2. The number of amides is 2. The van der Waals surface area contributed by atoms with Crippen molar-refractivity contribution in [1.29, 1.82) is 0 Å². The molecule has 0 spiro atoms. The number of thioether (sulfide) groups is 1. The van der Waals surface area contributed by atoms with Gasteiger partial charge in [0.15, 0.2) is 0 Å². The number of methoxy groups -OCH3 is 1. The van der Waals surface area contributed by atoms with Gasteiger partial charge in [0.2, 0.25) is 11.8 Å². The van der Waals surface area contributed by atoms with Crippen molar-refractivity contribution in [3.8, 4) is 5.75 Å². The Morgan fingerprint density at radius 3 is 2.33 bits per heavy atom. The van der Waals surface area contributed by atoms with Crippen LogP contribution in [0.1, 0.15) is 54.4 Å². The van der Waals surface area contributed by atoms with Crippen molar-refractivity contribution in [2.75, 3.05) is 12.9 Å². The summed E-state index contributed by atoms with van der Waals surface area (Å²) in [6.45, 7) is 2.46. The average Bonchev–Trinajstić information content (AvgIpc) is 2.96. The van der Waals surface area contributed by atoms with E-state index in [1.54, 1.807) is 23.8 Å². The molecule has 1 aliphatic carbocycles. The van der Waals surface area contributed by atoms with Gasteiger partial charge in [0.05, 0.1) is 12.9 Å². The molecule has 0 bridgehead atoms. The first-order chi connectivity index (χ1) is 19.0. The van der Waals surface area contributed by atoms with Gasteiger partial charge in [-0.1, -0.05) is 91.6 Å². The number of hydrogen-bond acceptors (Lipinski definition) is 4. The van der Waals surface area contributed by atoms with Crippen molar-refractivity contribution in [3.63, 3.8) is 0 Å². The zero-order valence-corrected chi connectivity index (χ0v) is 23.9. The van der Waals surface area contributed by atoms with E-state index in [0.29, 0.717) is 24.5 Å². The van der Waals surface area contributed by atoms with Gasteiger partial charge in [-0.2, -0.15) is 0 Å². The molecular weight excluding hydrogens is 504 g/mol. The Balaban J connectivity index is 1.55. The molecule has 4 rings (SSSR count). The summed E-state index contributed by atoms with van der Waals surface area (Å²) in [6.07, 6.45) is 6.01. The molecular formula is C33H40N2O3S. The highest BCUT2D eigenvalue weighted by atomic mass is 32.2. The molecule has 0 unspecified atom stereocenters. The third-order valence-corrected chi connectivity index (χ3v) is 8.30. The lowest BCUT2D eigenvalue weighted by Gasteiger charge is -2.33. The van der Waals surface area contributed by atoms with Crippen LogP contribution in [0.5, 0.6) is 5.75 Å². The standard InChI is InChI=1S/C33H40N2O3S/c1-25-10-9-13-28(20-25)22-35(32(36)24-39-23-27-16-18-30(38-2)19-17-27)31(21-26-11-5-3-6-12-26)33(37)34-29-14-7-4-8-15-29/h3,5-6,9-13,16-20,29,31H,4,7-8,14-15,21-24H2,1-2H3,(H,34,37)/t31-/m1/s1. The molecule has 206 valence electrons. The quantitative estimate of drug-likeness (QED) is 0.290. The second-order valence-corrected chi connectivity index (χ2v) is 11.4. The first-order valence-electron chi connectivity index (χ1n) is 13.9. The number of nitrogens with one attached hydrogen (secondary N) is 1. The van der Waals surface area contributed by atoms with Crippen LogP contribution < -0.4 is 10.1 Å². The molecule has 0 saturated heterocycles. The fourth-order valence-corrected chi connectivity index (χ4v) is 6.04. The number of rotatable bonds is 12. The Morgan fingerprint density at radius 2 is 1.64 bits per heavy atom. The minimum absolute atomic E-state index is 0.0188. The van der Waals surface area contributed by atoms with Crippen LogP contribution in [-0.4, -0.2) is 41.7 Å². The van der Waals surface area contributed by atoms with Crippen LogP contribution in [0.25, 0.3) is 0 Å². The van der Waals surface area contributed by atoms with Gasteiger partial charge in [-0.3, -0.25) is 9.59 Å². The summed E-state index contributed by atoms with van der Waals surface area (Å²) in [7, 11) is 1.65. The molecule has 3 aromatic rings. The van der Waals surface area contributed by atoms with E-state index >= 15 is 0 Å². The van der Waals surface area contributed by atoms with E-state index in [-0.39, 0.29) is 17.9 Å². The van der Waals surface area contributed by atoms with E-state index in [2.05, 4.69) is 24.4 Å². The zero-order chi connectivity index (χ0) is 27.5. The molecule has 39 heavy (non-hydrogen) atoms. The van der Waals surface area contributed by atoms with Crippen molar-refractivity contribution in [3.05, 3.63) is 101 Å². The molecule has 2 amide bonds. The topological polar surface area (TPSA) is 58.6 Å². The molecule has 0 aliphatic heterocycles. The lowest BCUT2D eigenvalue weighted by Crippen LogP contribution is -2.53. The van der Waals surface area contributed by atoms with E-state index in [1.165, 1.54) is 6.42 Å². The van der Waals surface area contributed by atoms with Gasteiger partial charge >= 0.3 is 0 Å². The van der Waals surface area contributed by atoms with Gasteiger partial charge < -0.3 is 15.0 Å². The fraction of sp³-hybridized carbons (Fsp3) is 0.394. The van der Waals surface area contributed by atoms with Crippen molar-refractivity contribution in [1.82, 2.24) is 10.2 Å². The van der Waals surface area contributed by atoms with E-state index in [9.17, 15) is 9.59 Å². The van der Waals surface area contributed by atoms with Crippen molar-refractivity contribution >= 4 is 23.6 Å². The minimum atomic E-state index is -0.580. The van der Waals surface area contributed by atoms with Gasteiger partial charge in [0.1, 0.15) is 11.8 Å². The second kappa shape index (κ2) is 14.8. The first kappa shape index (κ1) is 28.8. The smallest absolute Gasteiger partial charge is 0.243 e. The van der Waals surface area contributed by atoms with E-state index in [1.807, 2.05) is 66.7 Å². The summed E-state index contributed by atoms with van der Waals surface area (Å²) in [6, 6.07) is 25.8. The van der Waals surface area contributed by atoms with Gasteiger partial charge in [0.25, 0.3) is 0 Å². The van der Waals surface area contributed by atoms with Gasteiger partial charge in [-0.15, -0.1) is 11.8 Å². The Hall–Kier alpha value is -3.25. The SMILES string of the molecule is COc1ccc(CSCC(=O)N(Cc2cccc(C)c2)[C@H](Cc2ccccc2)C(=O)NC2CCCCC2)cc1. The largest absolute Gasteiger partial charge is 0.497 e. The van der Waals surface area contributed by atoms with Crippen molar-refractivity contribution < 1.29 is 14.3 Å². The normalized spacial score (nSPS) is 14.4. The first-order valence-corrected chi connectivity index (χ1v) is 15.1. The summed E-state index contributed by atoms with van der Waals surface area (Å²) in [4.78, 5) is 29.5. The monoisotopic (exact) mass is 544 g/mol. The lowest BCUT2D eigenvalue weighted by molar-refractivity contribution is -0.139. The maximum atomic E-state index is 13.9. The number of hydrogen-bond donors (Lipinski definition) is 1. The predicted molar refractivity (Wildman–Crippen MR) is 160 cm³/mol. The van der Waals surface area contributed by atoms with E-state index in [0.717, 1.165) is 53.7 Å². The van der Waals surface area contributed by atoms with Crippen LogP contribution in [0.2, 0.25) is 0 Å². The highest BCUT2D eigenvalue weighted by Gasteiger charge is 2.31. The van der Waals surface area contributed by atoms with Crippen LogP contribution in [0.4, 0.5) is 0 Å². The maximum Gasteiger partial charge on any atom is 0.243 e.